The first kappa shape index (κ1) is 12.2. The molecule has 1 atom stereocenters. The standard InChI is InChI=1S/C15H20N2/c1-2-14(17-16)15(11-7-4-8-12-15)13-9-5-3-6-10-13/h1,3,5-6,9-10,14,17H,4,7-8,11-12,16H2. The van der Waals surface area contributed by atoms with E-state index in [2.05, 4.69) is 35.6 Å². The second-order valence-electron chi connectivity index (χ2n) is 4.85. The van der Waals surface area contributed by atoms with Crippen molar-refractivity contribution in [2.45, 2.75) is 43.6 Å². The van der Waals surface area contributed by atoms with Crippen molar-refractivity contribution in [2.75, 3.05) is 0 Å². The molecule has 1 saturated carbocycles. The van der Waals surface area contributed by atoms with Crippen LogP contribution in [0.3, 0.4) is 0 Å². The molecule has 1 aliphatic rings. The first-order valence-electron chi connectivity index (χ1n) is 6.31. The molecule has 0 aromatic heterocycles. The maximum atomic E-state index is 5.64. The van der Waals surface area contributed by atoms with Crippen LogP contribution >= 0.6 is 0 Å². The molecule has 90 valence electrons. The molecule has 0 spiro atoms. The molecule has 1 fully saturated rings. The zero-order chi connectivity index (χ0) is 12.1. The minimum Gasteiger partial charge on any atom is -0.270 e. The molecule has 0 radical (unpaired) electrons. The van der Waals surface area contributed by atoms with E-state index >= 15 is 0 Å². The third kappa shape index (κ3) is 2.22. The van der Waals surface area contributed by atoms with E-state index in [0.717, 1.165) is 12.8 Å². The van der Waals surface area contributed by atoms with Crippen LogP contribution in [0.4, 0.5) is 0 Å². The maximum absolute atomic E-state index is 5.64. The first-order chi connectivity index (χ1) is 8.33. The number of terminal acetylenes is 1. The third-order valence-electron chi connectivity index (χ3n) is 3.98. The molecular formula is C15H20N2. The van der Waals surface area contributed by atoms with Crippen LogP contribution < -0.4 is 11.3 Å². The molecule has 0 aliphatic heterocycles. The molecule has 17 heavy (non-hydrogen) atoms. The molecule has 1 aromatic carbocycles. The van der Waals surface area contributed by atoms with Crippen molar-refractivity contribution in [3.05, 3.63) is 35.9 Å². The van der Waals surface area contributed by atoms with Gasteiger partial charge in [-0.15, -0.1) is 6.42 Å². The van der Waals surface area contributed by atoms with Crippen LogP contribution in [-0.2, 0) is 5.41 Å². The first-order valence-corrected chi connectivity index (χ1v) is 6.31. The Morgan fingerprint density at radius 1 is 1.18 bits per heavy atom. The largest absolute Gasteiger partial charge is 0.270 e. The highest BCUT2D eigenvalue weighted by molar-refractivity contribution is 5.32. The SMILES string of the molecule is C#CC(NN)C1(c2ccccc2)CCCCC1. The predicted molar refractivity (Wildman–Crippen MR) is 71.1 cm³/mol. The molecule has 1 aliphatic carbocycles. The lowest BCUT2D eigenvalue weighted by Crippen LogP contribution is -2.51. The molecule has 1 aromatic rings. The van der Waals surface area contributed by atoms with Crippen molar-refractivity contribution in [3.8, 4) is 12.3 Å². The highest BCUT2D eigenvalue weighted by Gasteiger charge is 2.40. The molecule has 2 rings (SSSR count). The van der Waals surface area contributed by atoms with Crippen LogP contribution in [0.15, 0.2) is 30.3 Å². The smallest absolute Gasteiger partial charge is 0.0911 e. The minimum absolute atomic E-state index is 0.0169. The summed E-state index contributed by atoms with van der Waals surface area (Å²) in [4.78, 5) is 0. The summed E-state index contributed by atoms with van der Waals surface area (Å²) in [5.41, 5.74) is 4.16. The summed E-state index contributed by atoms with van der Waals surface area (Å²) in [6.45, 7) is 0. The van der Waals surface area contributed by atoms with Crippen LogP contribution in [0.25, 0.3) is 0 Å². The van der Waals surface area contributed by atoms with Gasteiger partial charge in [-0.1, -0.05) is 55.5 Å². The van der Waals surface area contributed by atoms with Gasteiger partial charge >= 0.3 is 0 Å². The van der Waals surface area contributed by atoms with E-state index in [-0.39, 0.29) is 11.5 Å². The van der Waals surface area contributed by atoms with Gasteiger partial charge in [0.1, 0.15) is 0 Å². The number of benzene rings is 1. The Morgan fingerprint density at radius 3 is 2.35 bits per heavy atom. The van der Waals surface area contributed by atoms with Gasteiger partial charge < -0.3 is 0 Å². The fourth-order valence-electron chi connectivity index (χ4n) is 3.06. The van der Waals surface area contributed by atoms with Gasteiger partial charge in [-0.25, -0.2) is 5.43 Å². The van der Waals surface area contributed by atoms with Crippen LogP contribution in [0.2, 0.25) is 0 Å². The number of hydrogen-bond donors (Lipinski definition) is 2. The Kier molecular flexibility index (Phi) is 3.83. The second kappa shape index (κ2) is 5.35. The van der Waals surface area contributed by atoms with Crippen molar-refractivity contribution in [1.82, 2.24) is 5.43 Å². The maximum Gasteiger partial charge on any atom is 0.0911 e. The Hall–Kier alpha value is -1.30. The Labute approximate surface area is 104 Å². The zero-order valence-electron chi connectivity index (χ0n) is 10.2. The van der Waals surface area contributed by atoms with E-state index in [1.54, 1.807) is 0 Å². The van der Waals surface area contributed by atoms with Crippen molar-refractivity contribution in [1.29, 1.82) is 0 Å². The molecule has 2 nitrogen and oxygen atoms in total. The van der Waals surface area contributed by atoms with Gasteiger partial charge in [0.25, 0.3) is 0 Å². The number of rotatable bonds is 3. The monoisotopic (exact) mass is 228 g/mol. The predicted octanol–water partition coefficient (Wildman–Crippen LogP) is 2.35. The highest BCUT2D eigenvalue weighted by atomic mass is 15.2. The lowest BCUT2D eigenvalue weighted by atomic mass is 9.65. The summed E-state index contributed by atoms with van der Waals surface area (Å²) in [7, 11) is 0. The van der Waals surface area contributed by atoms with Gasteiger partial charge in [0.2, 0.25) is 0 Å². The van der Waals surface area contributed by atoms with E-state index in [4.69, 9.17) is 12.3 Å². The van der Waals surface area contributed by atoms with Crippen molar-refractivity contribution >= 4 is 0 Å². The second-order valence-corrected chi connectivity index (χ2v) is 4.85. The number of hydrogen-bond acceptors (Lipinski definition) is 2. The van der Waals surface area contributed by atoms with E-state index < -0.39 is 0 Å². The summed E-state index contributed by atoms with van der Waals surface area (Å²) >= 11 is 0. The normalized spacial score (nSPS) is 20.5. The van der Waals surface area contributed by atoms with Gasteiger partial charge in [0.15, 0.2) is 0 Å². The van der Waals surface area contributed by atoms with Gasteiger partial charge in [0.05, 0.1) is 6.04 Å². The summed E-state index contributed by atoms with van der Waals surface area (Å²) < 4.78 is 0. The van der Waals surface area contributed by atoms with Crippen LogP contribution in [0.1, 0.15) is 37.7 Å². The topological polar surface area (TPSA) is 38.0 Å². The third-order valence-corrected chi connectivity index (χ3v) is 3.98. The fourth-order valence-corrected chi connectivity index (χ4v) is 3.06. The molecule has 1 unspecified atom stereocenters. The van der Waals surface area contributed by atoms with Gasteiger partial charge in [0, 0.05) is 5.41 Å². The molecule has 2 heteroatoms. The van der Waals surface area contributed by atoms with Crippen molar-refractivity contribution in [2.24, 2.45) is 5.84 Å². The van der Waals surface area contributed by atoms with E-state index in [0.29, 0.717) is 0 Å². The zero-order valence-corrected chi connectivity index (χ0v) is 10.2. The molecule has 0 saturated heterocycles. The summed E-state index contributed by atoms with van der Waals surface area (Å²) in [6, 6.07) is 10.5. The van der Waals surface area contributed by atoms with E-state index in [9.17, 15) is 0 Å². The molecule has 0 bridgehead atoms. The Balaban J connectivity index is 2.40. The van der Waals surface area contributed by atoms with E-state index in [1.807, 2.05) is 6.07 Å². The molecule has 0 heterocycles. The summed E-state index contributed by atoms with van der Waals surface area (Å²) in [5.74, 6) is 8.47. The number of nitrogens with two attached hydrogens (primary N) is 1. The summed E-state index contributed by atoms with van der Waals surface area (Å²) in [6.07, 6.45) is 11.7. The van der Waals surface area contributed by atoms with Gasteiger partial charge in [-0.05, 0) is 18.4 Å². The lowest BCUT2D eigenvalue weighted by molar-refractivity contribution is 0.247. The van der Waals surface area contributed by atoms with Gasteiger partial charge in [-0.2, -0.15) is 0 Å². The van der Waals surface area contributed by atoms with Crippen LogP contribution in [-0.4, -0.2) is 6.04 Å². The molecule has 3 N–H and O–H groups in total. The fraction of sp³-hybridized carbons (Fsp3) is 0.467. The van der Waals surface area contributed by atoms with E-state index in [1.165, 1.54) is 24.8 Å². The van der Waals surface area contributed by atoms with Crippen molar-refractivity contribution in [3.63, 3.8) is 0 Å². The average Bonchev–Trinajstić information content (AvgIpc) is 2.42. The lowest BCUT2D eigenvalue weighted by Gasteiger charge is -2.41. The van der Waals surface area contributed by atoms with Crippen molar-refractivity contribution < 1.29 is 0 Å². The van der Waals surface area contributed by atoms with Crippen LogP contribution in [0, 0.1) is 12.3 Å². The Morgan fingerprint density at radius 2 is 1.82 bits per heavy atom. The van der Waals surface area contributed by atoms with Gasteiger partial charge in [-0.3, -0.25) is 5.84 Å². The highest BCUT2D eigenvalue weighted by Crippen LogP contribution is 2.41. The Bertz CT molecular complexity index is 385. The average molecular weight is 228 g/mol. The quantitative estimate of drug-likeness (QED) is 0.473. The number of nitrogens with one attached hydrogen (secondary N) is 1. The number of hydrazine groups is 1. The molecule has 0 amide bonds. The summed E-state index contributed by atoms with van der Waals surface area (Å²) in [5, 5.41) is 0. The molecular weight excluding hydrogens is 208 g/mol. The van der Waals surface area contributed by atoms with Crippen LogP contribution in [0.5, 0.6) is 0 Å². The minimum atomic E-state index is -0.0785.